The Morgan fingerprint density at radius 2 is 2.16 bits per heavy atom. The van der Waals surface area contributed by atoms with Gasteiger partial charge in [0.2, 0.25) is 5.91 Å². The zero-order valence-corrected chi connectivity index (χ0v) is 14.9. The number of hydrogen-bond donors (Lipinski definition) is 1. The molecule has 25 heavy (non-hydrogen) atoms. The molecule has 138 valence electrons. The predicted molar refractivity (Wildman–Crippen MR) is 93.6 cm³/mol. The quantitative estimate of drug-likeness (QED) is 0.819. The Kier molecular flexibility index (Phi) is 6.64. The molecule has 6 nitrogen and oxygen atoms in total. The number of pyridine rings is 1. The zero-order valence-electron chi connectivity index (χ0n) is 14.9. The van der Waals surface area contributed by atoms with Crippen molar-refractivity contribution in [2.75, 3.05) is 19.8 Å². The lowest BCUT2D eigenvalue weighted by molar-refractivity contribution is -0.127. The average Bonchev–Trinajstić information content (AvgIpc) is 3.12. The number of amides is 1. The molecule has 1 N–H and O–H groups in total. The van der Waals surface area contributed by atoms with Crippen LogP contribution in [0.25, 0.3) is 0 Å². The van der Waals surface area contributed by atoms with Crippen LogP contribution in [0.3, 0.4) is 0 Å². The van der Waals surface area contributed by atoms with Crippen molar-refractivity contribution >= 4 is 5.91 Å². The molecule has 6 heteroatoms. The first-order chi connectivity index (χ1) is 12.2. The molecule has 0 bridgehead atoms. The summed E-state index contributed by atoms with van der Waals surface area (Å²) in [6.45, 7) is 3.39. The van der Waals surface area contributed by atoms with Gasteiger partial charge in [-0.25, -0.2) is 0 Å². The van der Waals surface area contributed by atoms with Gasteiger partial charge >= 0.3 is 0 Å². The van der Waals surface area contributed by atoms with Crippen LogP contribution in [0.1, 0.15) is 44.2 Å². The third-order valence-electron chi connectivity index (χ3n) is 4.85. The van der Waals surface area contributed by atoms with Crippen molar-refractivity contribution in [1.82, 2.24) is 10.3 Å². The van der Waals surface area contributed by atoms with E-state index >= 15 is 0 Å². The molecular formula is C19H28N2O4. The first kappa shape index (κ1) is 18.1. The van der Waals surface area contributed by atoms with Crippen molar-refractivity contribution in [1.29, 1.82) is 0 Å². The lowest BCUT2D eigenvalue weighted by Crippen LogP contribution is -2.41. The Morgan fingerprint density at radius 1 is 1.32 bits per heavy atom. The summed E-state index contributed by atoms with van der Waals surface area (Å²) < 4.78 is 17.0. The number of nitrogens with one attached hydrogen (secondary N) is 1. The largest absolute Gasteiger partial charge is 0.489 e. The van der Waals surface area contributed by atoms with Crippen LogP contribution in [-0.2, 0) is 14.3 Å². The summed E-state index contributed by atoms with van der Waals surface area (Å²) in [5, 5.41) is 3.07. The topological polar surface area (TPSA) is 69.7 Å². The average molecular weight is 348 g/mol. The van der Waals surface area contributed by atoms with E-state index in [2.05, 4.69) is 10.3 Å². The molecular weight excluding hydrogens is 320 g/mol. The number of hydrogen-bond acceptors (Lipinski definition) is 5. The molecule has 1 unspecified atom stereocenters. The third-order valence-corrected chi connectivity index (χ3v) is 4.85. The van der Waals surface area contributed by atoms with Crippen LogP contribution in [0.2, 0.25) is 0 Å². The molecule has 2 heterocycles. The molecule has 1 aromatic heterocycles. The van der Waals surface area contributed by atoms with Gasteiger partial charge in [-0.05, 0) is 57.6 Å². The minimum atomic E-state index is -0.0366. The Balaban J connectivity index is 1.32. The maximum absolute atomic E-state index is 12.0. The van der Waals surface area contributed by atoms with Crippen molar-refractivity contribution in [2.24, 2.45) is 0 Å². The van der Waals surface area contributed by atoms with Crippen LogP contribution in [0.15, 0.2) is 18.3 Å². The van der Waals surface area contributed by atoms with Crippen molar-refractivity contribution in [2.45, 2.75) is 63.7 Å². The fourth-order valence-corrected chi connectivity index (χ4v) is 3.43. The van der Waals surface area contributed by atoms with Crippen LogP contribution in [0, 0.1) is 6.92 Å². The van der Waals surface area contributed by atoms with E-state index in [9.17, 15) is 4.79 Å². The molecule has 0 spiro atoms. The second-order valence-electron chi connectivity index (χ2n) is 6.90. The Labute approximate surface area is 149 Å². The van der Waals surface area contributed by atoms with E-state index in [1.807, 2.05) is 19.1 Å². The van der Waals surface area contributed by atoms with E-state index in [1.54, 1.807) is 6.20 Å². The van der Waals surface area contributed by atoms with Gasteiger partial charge in [-0.15, -0.1) is 0 Å². The summed E-state index contributed by atoms with van der Waals surface area (Å²) >= 11 is 0. The number of ether oxygens (including phenoxy) is 3. The molecule has 2 fully saturated rings. The van der Waals surface area contributed by atoms with Crippen molar-refractivity contribution in [3.8, 4) is 5.75 Å². The van der Waals surface area contributed by atoms with Gasteiger partial charge in [0.05, 0.1) is 24.5 Å². The molecule has 2 aliphatic rings. The smallest absolute Gasteiger partial charge is 0.246 e. The van der Waals surface area contributed by atoms with Crippen molar-refractivity contribution in [3.05, 3.63) is 24.0 Å². The Morgan fingerprint density at radius 3 is 2.88 bits per heavy atom. The summed E-state index contributed by atoms with van der Waals surface area (Å²) in [4.78, 5) is 16.2. The molecule has 0 radical (unpaired) electrons. The normalized spacial score (nSPS) is 26.4. The van der Waals surface area contributed by atoms with Gasteiger partial charge in [-0.3, -0.25) is 9.78 Å². The molecule has 3 rings (SSSR count). The Hall–Kier alpha value is -1.66. The van der Waals surface area contributed by atoms with E-state index in [0.717, 1.165) is 56.6 Å². The lowest BCUT2D eigenvalue weighted by Gasteiger charge is -2.29. The highest BCUT2D eigenvalue weighted by Gasteiger charge is 2.24. The van der Waals surface area contributed by atoms with Gasteiger partial charge in [0, 0.05) is 18.8 Å². The van der Waals surface area contributed by atoms with Gasteiger partial charge < -0.3 is 19.5 Å². The van der Waals surface area contributed by atoms with Gasteiger partial charge in [-0.1, -0.05) is 0 Å². The number of nitrogens with zero attached hydrogens (tertiary/aromatic N) is 1. The summed E-state index contributed by atoms with van der Waals surface area (Å²) in [5.74, 6) is 0.822. The molecule has 0 aromatic carbocycles. The molecule has 1 amide bonds. The molecule has 1 saturated heterocycles. The Bertz CT molecular complexity index is 552. The van der Waals surface area contributed by atoms with E-state index in [4.69, 9.17) is 14.2 Å². The molecule has 1 atom stereocenters. The number of carbonyl (C=O) groups is 1. The summed E-state index contributed by atoms with van der Waals surface area (Å²) in [7, 11) is 0. The lowest BCUT2D eigenvalue weighted by atomic mass is 9.93. The third kappa shape index (κ3) is 5.68. The van der Waals surface area contributed by atoms with Crippen LogP contribution in [0.5, 0.6) is 5.75 Å². The van der Waals surface area contributed by atoms with Gasteiger partial charge in [0.25, 0.3) is 0 Å². The SMILES string of the molecule is Cc1ncccc1OC1CCC(NC(=O)COCC2CCCO2)CC1. The number of aromatic nitrogens is 1. The summed E-state index contributed by atoms with van der Waals surface area (Å²) in [5.41, 5.74) is 0.918. The first-order valence-electron chi connectivity index (χ1n) is 9.27. The monoisotopic (exact) mass is 348 g/mol. The standard InChI is InChI=1S/C19H28N2O4/c1-14-18(5-2-10-20-14)25-16-8-6-15(7-9-16)21-19(22)13-23-12-17-4-3-11-24-17/h2,5,10,15-17H,3-4,6-9,11-13H2,1H3,(H,21,22). The highest BCUT2D eigenvalue weighted by atomic mass is 16.5. The van der Waals surface area contributed by atoms with E-state index in [0.29, 0.717) is 6.61 Å². The summed E-state index contributed by atoms with van der Waals surface area (Å²) in [6.07, 6.45) is 8.00. The molecule has 1 aliphatic heterocycles. The molecule has 1 aliphatic carbocycles. The van der Waals surface area contributed by atoms with Crippen LogP contribution >= 0.6 is 0 Å². The van der Waals surface area contributed by atoms with E-state index in [1.165, 1.54) is 0 Å². The van der Waals surface area contributed by atoms with Crippen LogP contribution in [0.4, 0.5) is 0 Å². The van der Waals surface area contributed by atoms with E-state index in [-0.39, 0.29) is 30.8 Å². The fourth-order valence-electron chi connectivity index (χ4n) is 3.43. The second-order valence-corrected chi connectivity index (χ2v) is 6.90. The van der Waals surface area contributed by atoms with Crippen molar-refractivity contribution in [3.63, 3.8) is 0 Å². The minimum Gasteiger partial charge on any atom is -0.489 e. The highest BCUT2D eigenvalue weighted by molar-refractivity contribution is 5.77. The number of rotatable bonds is 7. The highest BCUT2D eigenvalue weighted by Crippen LogP contribution is 2.25. The minimum absolute atomic E-state index is 0.0366. The maximum Gasteiger partial charge on any atom is 0.246 e. The number of aryl methyl sites for hydroxylation is 1. The number of carbonyl (C=O) groups excluding carboxylic acids is 1. The van der Waals surface area contributed by atoms with Gasteiger partial charge in [-0.2, -0.15) is 0 Å². The van der Waals surface area contributed by atoms with E-state index < -0.39 is 0 Å². The molecule has 1 saturated carbocycles. The van der Waals surface area contributed by atoms with Crippen molar-refractivity contribution < 1.29 is 19.0 Å². The first-order valence-corrected chi connectivity index (χ1v) is 9.27. The van der Waals surface area contributed by atoms with Crippen LogP contribution in [-0.4, -0.2) is 49.0 Å². The zero-order chi connectivity index (χ0) is 17.5. The van der Waals surface area contributed by atoms with Gasteiger partial charge in [0.15, 0.2) is 0 Å². The molecule has 1 aromatic rings. The second kappa shape index (κ2) is 9.15. The van der Waals surface area contributed by atoms with Gasteiger partial charge in [0.1, 0.15) is 12.4 Å². The fraction of sp³-hybridized carbons (Fsp3) is 0.684. The predicted octanol–water partition coefficient (Wildman–Crippen LogP) is 2.39. The maximum atomic E-state index is 12.0. The van der Waals surface area contributed by atoms with Crippen LogP contribution < -0.4 is 10.1 Å². The summed E-state index contributed by atoms with van der Waals surface area (Å²) in [6, 6.07) is 4.07.